The molecule has 0 bridgehead atoms. The third kappa shape index (κ3) is 1.43. The van der Waals surface area contributed by atoms with Gasteiger partial charge in [0.1, 0.15) is 17.2 Å². The van der Waals surface area contributed by atoms with E-state index < -0.39 is 0 Å². The van der Waals surface area contributed by atoms with Crippen molar-refractivity contribution in [2.24, 2.45) is 16.5 Å². The highest BCUT2D eigenvalue weighted by molar-refractivity contribution is 6.00. The molecule has 0 spiro atoms. The molecule has 0 unspecified atom stereocenters. The number of fused-ring (bicyclic) bond motifs is 3. The van der Waals surface area contributed by atoms with Crippen molar-refractivity contribution < 1.29 is 4.74 Å². The summed E-state index contributed by atoms with van der Waals surface area (Å²) in [6.07, 6.45) is 0. The Morgan fingerprint density at radius 3 is 2.60 bits per heavy atom. The van der Waals surface area contributed by atoms with E-state index in [4.69, 9.17) is 16.2 Å². The number of nitrogens with two attached hydrogens (primary N) is 2. The largest absolute Gasteiger partial charge is 0.485 e. The van der Waals surface area contributed by atoms with E-state index in [1.807, 2.05) is 0 Å². The lowest BCUT2D eigenvalue weighted by Gasteiger charge is -2.28. The quantitative estimate of drug-likeness (QED) is 0.825. The molecular weight excluding hydrogens is 250 g/mol. The predicted molar refractivity (Wildman–Crippen MR) is 82.0 cm³/mol. The Kier molecular flexibility index (Phi) is 2.52. The van der Waals surface area contributed by atoms with Gasteiger partial charge < -0.3 is 16.2 Å². The van der Waals surface area contributed by atoms with E-state index in [1.54, 1.807) is 0 Å². The van der Waals surface area contributed by atoms with E-state index in [0.717, 1.165) is 22.6 Å². The van der Waals surface area contributed by atoms with Gasteiger partial charge in [-0.2, -0.15) is 0 Å². The van der Waals surface area contributed by atoms with E-state index >= 15 is 0 Å². The molecule has 0 radical (unpaired) electrons. The molecule has 2 heterocycles. The number of benzene rings is 1. The molecule has 2 aliphatic rings. The molecular formula is C16H23N3O. The van der Waals surface area contributed by atoms with Gasteiger partial charge >= 0.3 is 0 Å². The monoisotopic (exact) mass is 273 g/mol. The van der Waals surface area contributed by atoms with Gasteiger partial charge in [-0.25, -0.2) is 4.99 Å². The Bertz CT molecular complexity index is 633. The summed E-state index contributed by atoms with van der Waals surface area (Å²) in [5.74, 6) is 1.87. The summed E-state index contributed by atoms with van der Waals surface area (Å²) in [7, 11) is 0. The van der Waals surface area contributed by atoms with Crippen LogP contribution in [0.3, 0.4) is 0 Å². The zero-order valence-corrected chi connectivity index (χ0v) is 12.9. The van der Waals surface area contributed by atoms with Crippen molar-refractivity contribution in [2.45, 2.75) is 51.6 Å². The maximum atomic E-state index is 6.28. The molecule has 108 valence electrons. The van der Waals surface area contributed by atoms with Crippen LogP contribution in [-0.4, -0.2) is 18.0 Å². The van der Waals surface area contributed by atoms with Gasteiger partial charge in [0.15, 0.2) is 0 Å². The number of hydrogen-bond acceptors (Lipinski definition) is 4. The van der Waals surface area contributed by atoms with Crippen LogP contribution in [0, 0.1) is 6.92 Å². The molecule has 1 aromatic rings. The molecule has 2 atom stereocenters. The Labute approximate surface area is 120 Å². The van der Waals surface area contributed by atoms with Gasteiger partial charge in [-0.1, -0.05) is 6.92 Å². The lowest BCUT2D eigenvalue weighted by Crippen LogP contribution is -2.41. The highest BCUT2D eigenvalue weighted by Gasteiger charge is 2.47. The van der Waals surface area contributed by atoms with E-state index in [2.05, 4.69) is 45.7 Å². The smallest absolute Gasteiger partial charge is 0.130 e. The van der Waals surface area contributed by atoms with E-state index in [1.165, 1.54) is 5.56 Å². The zero-order chi connectivity index (χ0) is 14.9. The summed E-state index contributed by atoms with van der Waals surface area (Å²) >= 11 is 0. The molecule has 0 amide bonds. The average molecular weight is 273 g/mol. The van der Waals surface area contributed by atoms with Gasteiger partial charge in [-0.05, 0) is 39.3 Å². The summed E-state index contributed by atoms with van der Waals surface area (Å²) in [6, 6.07) is 2.18. The SMILES string of the molecule is Cc1cc2c(c3c1N=C(N)C3(C)C)O[C@@](C)(CN)[C@H]2C. The molecule has 20 heavy (non-hydrogen) atoms. The van der Waals surface area contributed by atoms with Crippen molar-refractivity contribution in [3.8, 4) is 5.75 Å². The minimum atomic E-state index is -0.350. The molecule has 2 aliphatic heterocycles. The molecule has 4 N–H and O–H groups in total. The summed E-state index contributed by atoms with van der Waals surface area (Å²) < 4.78 is 6.28. The van der Waals surface area contributed by atoms with E-state index in [0.29, 0.717) is 12.4 Å². The first-order valence-electron chi connectivity index (χ1n) is 7.14. The number of aliphatic imine (C=N–C) groups is 1. The maximum Gasteiger partial charge on any atom is 0.130 e. The minimum absolute atomic E-state index is 0.268. The van der Waals surface area contributed by atoms with Gasteiger partial charge in [-0.15, -0.1) is 0 Å². The fraction of sp³-hybridized carbons (Fsp3) is 0.562. The van der Waals surface area contributed by atoms with Crippen molar-refractivity contribution in [1.82, 2.24) is 0 Å². The van der Waals surface area contributed by atoms with Crippen LogP contribution >= 0.6 is 0 Å². The first kappa shape index (κ1) is 13.4. The standard InChI is InChI=1S/C16H23N3O/c1-8-6-10-9(2)16(5,7-17)20-13(10)11-12(8)19-14(18)15(11,3)4/h6,9H,7,17H2,1-5H3,(H2,18,19)/t9-,16-/m0/s1. The summed E-state index contributed by atoms with van der Waals surface area (Å²) in [5.41, 5.74) is 15.9. The first-order chi connectivity index (χ1) is 9.22. The highest BCUT2D eigenvalue weighted by atomic mass is 16.5. The third-order valence-corrected chi connectivity index (χ3v) is 5.09. The minimum Gasteiger partial charge on any atom is -0.485 e. The van der Waals surface area contributed by atoms with Crippen LogP contribution in [0.1, 0.15) is 50.3 Å². The summed E-state index contributed by atoms with van der Waals surface area (Å²) in [4.78, 5) is 4.56. The van der Waals surface area contributed by atoms with Gasteiger partial charge in [-0.3, -0.25) is 0 Å². The van der Waals surface area contributed by atoms with Gasteiger partial charge in [0.05, 0.1) is 11.1 Å². The van der Waals surface area contributed by atoms with Crippen LogP contribution < -0.4 is 16.2 Å². The number of ether oxygens (including phenoxy) is 1. The van der Waals surface area contributed by atoms with Crippen molar-refractivity contribution >= 4 is 11.5 Å². The number of hydrogen-bond donors (Lipinski definition) is 2. The Balaban J connectivity index is 2.28. The average Bonchev–Trinajstić information content (AvgIpc) is 2.77. The molecule has 3 rings (SSSR count). The van der Waals surface area contributed by atoms with Crippen molar-refractivity contribution in [3.63, 3.8) is 0 Å². The Hall–Kier alpha value is -1.55. The number of rotatable bonds is 1. The van der Waals surface area contributed by atoms with Crippen molar-refractivity contribution in [1.29, 1.82) is 0 Å². The Morgan fingerprint density at radius 1 is 1.35 bits per heavy atom. The number of nitrogens with zero attached hydrogens (tertiary/aromatic N) is 1. The molecule has 0 aromatic heterocycles. The first-order valence-corrected chi connectivity index (χ1v) is 7.14. The third-order valence-electron chi connectivity index (χ3n) is 5.09. The second-order valence-corrected chi connectivity index (χ2v) is 6.80. The normalized spacial score (nSPS) is 29.7. The van der Waals surface area contributed by atoms with E-state index in [-0.39, 0.29) is 16.9 Å². The van der Waals surface area contributed by atoms with Crippen LogP contribution in [0.25, 0.3) is 0 Å². The summed E-state index contributed by atoms with van der Waals surface area (Å²) in [6.45, 7) is 11.0. The number of aryl methyl sites for hydroxylation is 1. The van der Waals surface area contributed by atoms with Crippen LogP contribution in [0.2, 0.25) is 0 Å². The van der Waals surface area contributed by atoms with Gasteiger partial charge in [0.25, 0.3) is 0 Å². The molecule has 1 aromatic carbocycles. The lowest BCUT2D eigenvalue weighted by molar-refractivity contribution is 0.102. The molecule has 0 saturated carbocycles. The number of amidine groups is 1. The fourth-order valence-corrected chi connectivity index (χ4v) is 3.23. The van der Waals surface area contributed by atoms with Gasteiger partial charge in [0.2, 0.25) is 0 Å². The van der Waals surface area contributed by atoms with Crippen LogP contribution in [0.4, 0.5) is 5.69 Å². The molecule has 0 saturated heterocycles. The summed E-state index contributed by atoms with van der Waals surface area (Å²) in [5, 5.41) is 0. The second-order valence-electron chi connectivity index (χ2n) is 6.80. The van der Waals surface area contributed by atoms with Gasteiger partial charge in [0, 0.05) is 23.6 Å². The fourth-order valence-electron chi connectivity index (χ4n) is 3.23. The zero-order valence-electron chi connectivity index (χ0n) is 12.9. The molecule has 0 fully saturated rings. The lowest BCUT2D eigenvalue weighted by atomic mass is 9.80. The van der Waals surface area contributed by atoms with Crippen LogP contribution in [0.5, 0.6) is 5.75 Å². The molecule has 0 aliphatic carbocycles. The predicted octanol–water partition coefficient (Wildman–Crippen LogP) is 2.49. The highest BCUT2D eigenvalue weighted by Crippen LogP contribution is 2.55. The maximum absolute atomic E-state index is 6.28. The topological polar surface area (TPSA) is 73.6 Å². The van der Waals surface area contributed by atoms with Crippen molar-refractivity contribution in [2.75, 3.05) is 6.54 Å². The van der Waals surface area contributed by atoms with E-state index in [9.17, 15) is 0 Å². The second kappa shape index (κ2) is 3.76. The molecule has 4 nitrogen and oxygen atoms in total. The Morgan fingerprint density at radius 2 is 2.00 bits per heavy atom. The van der Waals surface area contributed by atoms with Crippen LogP contribution in [0.15, 0.2) is 11.1 Å². The van der Waals surface area contributed by atoms with Crippen LogP contribution in [-0.2, 0) is 5.41 Å². The molecule has 4 heteroatoms. The van der Waals surface area contributed by atoms with Crippen molar-refractivity contribution in [3.05, 3.63) is 22.8 Å².